The van der Waals surface area contributed by atoms with E-state index in [1.165, 1.54) is 180 Å². The number of allylic oxidation sites excluding steroid dienone is 12. The lowest BCUT2D eigenvalue weighted by Crippen LogP contribution is -2.60. The molecule has 6 N–H and O–H groups in total. The minimum Gasteiger partial charge on any atom is -0.394 e. The summed E-state index contributed by atoms with van der Waals surface area (Å²) in [5.41, 5.74) is 0. The average molecular weight is 1050 g/mol. The van der Waals surface area contributed by atoms with Gasteiger partial charge in [-0.1, -0.05) is 286 Å². The van der Waals surface area contributed by atoms with Crippen LogP contribution in [0.2, 0.25) is 0 Å². The predicted molar refractivity (Wildman–Crippen MR) is 318 cm³/mol. The molecule has 9 nitrogen and oxygen atoms in total. The lowest BCUT2D eigenvalue weighted by atomic mass is 9.99. The molecule has 0 saturated carbocycles. The van der Waals surface area contributed by atoms with Crippen molar-refractivity contribution in [2.75, 3.05) is 13.2 Å². The van der Waals surface area contributed by atoms with Gasteiger partial charge in [-0.3, -0.25) is 4.79 Å². The molecule has 1 saturated heterocycles. The van der Waals surface area contributed by atoms with E-state index in [1.54, 1.807) is 0 Å². The summed E-state index contributed by atoms with van der Waals surface area (Å²) in [4.78, 5) is 13.1. The van der Waals surface area contributed by atoms with Gasteiger partial charge in [0.05, 0.1) is 25.4 Å². The maximum Gasteiger partial charge on any atom is 0.220 e. The summed E-state index contributed by atoms with van der Waals surface area (Å²) in [6.45, 7) is 3.72. The summed E-state index contributed by atoms with van der Waals surface area (Å²) in [7, 11) is 0. The number of carbonyl (C=O) groups is 1. The van der Waals surface area contributed by atoms with Crippen LogP contribution in [0.3, 0.4) is 0 Å². The number of amides is 1. The van der Waals surface area contributed by atoms with Gasteiger partial charge in [0.1, 0.15) is 24.4 Å². The topological polar surface area (TPSA) is 149 Å². The number of unbranched alkanes of at least 4 members (excludes halogenated alkanes) is 32. The molecule has 1 aliphatic heterocycles. The second kappa shape index (κ2) is 55.0. The number of carbonyl (C=O) groups excluding carboxylic acids is 1. The fourth-order valence-corrected chi connectivity index (χ4v) is 9.87. The molecule has 0 aromatic carbocycles. The number of nitrogens with one attached hydrogen (secondary N) is 1. The van der Waals surface area contributed by atoms with Gasteiger partial charge in [0.15, 0.2) is 6.29 Å². The molecule has 0 spiro atoms. The number of rotatable bonds is 54. The van der Waals surface area contributed by atoms with Gasteiger partial charge in [-0.25, -0.2) is 0 Å². The van der Waals surface area contributed by atoms with Crippen LogP contribution in [0.4, 0.5) is 0 Å². The Morgan fingerprint density at radius 2 is 0.827 bits per heavy atom. The van der Waals surface area contributed by atoms with Crippen molar-refractivity contribution in [3.8, 4) is 0 Å². The first-order chi connectivity index (χ1) is 36.8. The van der Waals surface area contributed by atoms with Gasteiger partial charge in [0.2, 0.25) is 5.91 Å². The lowest BCUT2D eigenvalue weighted by Gasteiger charge is -2.40. The minimum absolute atomic E-state index is 0.159. The number of hydrogen-bond donors (Lipinski definition) is 6. The SMILES string of the molecule is CC/C=C\C/C=C\C/C=C\C/C=C\C/C=C\C/C=C\CCCCC(=O)NC(COC1OC(CO)C(O)C(O)C1O)C(O)CCCCCCCCCCCCCCCCCCCCCCCCCCCCCCCCC. The molecule has 436 valence electrons. The molecule has 0 aliphatic carbocycles. The Hall–Kier alpha value is -2.37. The van der Waals surface area contributed by atoms with Crippen molar-refractivity contribution in [3.63, 3.8) is 0 Å². The van der Waals surface area contributed by atoms with Crippen molar-refractivity contribution < 1.29 is 39.8 Å². The van der Waals surface area contributed by atoms with Gasteiger partial charge in [-0.05, 0) is 64.2 Å². The molecule has 9 heteroatoms. The normalized spacial score (nSPS) is 19.4. The Bertz CT molecular complexity index is 1410. The third kappa shape index (κ3) is 44.2. The molecule has 0 radical (unpaired) electrons. The number of aliphatic hydroxyl groups is 5. The summed E-state index contributed by atoms with van der Waals surface area (Å²) in [5.74, 6) is -0.185. The number of ether oxygens (including phenoxy) is 2. The van der Waals surface area contributed by atoms with Crippen LogP contribution >= 0.6 is 0 Å². The maximum atomic E-state index is 13.1. The Morgan fingerprint density at radius 3 is 1.20 bits per heavy atom. The van der Waals surface area contributed by atoms with Gasteiger partial charge < -0.3 is 40.3 Å². The zero-order chi connectivity index (χ0) is 54.3. The first-order valence-corrected chi connectivity index (χ1v) is 31.6. The van der Waals surface area contributed by atoms with E-state index in [4.69, 9.17) is 9.47 Å². The molecule has 75 heavy (non-hydrogen) atoms. The Labute approximate surface area is 461 Å². The zero-order valence-electron chi connectivity index (χ0n) is 48.5. The van der Waals surface area contributed by atoms with E-state index in [0.29, 0.717) is 19.3 Å². The van der Waals surface area contributed by atoms with Gasteiger partial charge in [-0.2, -0.15) is 0 Å². The van der Waals surface area contributed by atoms with E-state index in [9.17, 15) is 30.3 Å². The first-order valence-electron chi connectivity index (χ1n) is 31.6. The van der Waals surface area contributed by atoms with E-state index in [-0.39, 0.29) is 12.5 Å². The summed E-state index contributed by atoms with van der Waals surface area (Å²) < 4.78 is 11.3. The fourth-order valence-electron chi connectivity index (χ4n) is 9.87. The van der Waals surface area contributed by atoms with E-state index in [1.807, 2.05) is 0 Å². The molecule has 1 rings (SSSR count). The van der Waals surface area contributed by atoms with E-state index >= 15 is 0 Å². The highest BCUT2D eigenvalue weighted by molar-refractivity contribution is 5.76. The third-order valence-electron chi connectivity index (χ3n) is 14.8. The summed E-state index contributed by atoms with van der Waals surface area (Å²) in [6, 6.07) is -0.748. The van der Waals surface area contributed by atoms with Crippen molar-refractivity contribution in [3.05, 3.63) is 72.9 Å². The van der Waals surface area contributed by atoms with Crippen molar-refractivity contribution in [2.45, 2.75) is 326 Å². The van der Waals surface area contributed by atoms with E-state index in [2.05, 4.69) is 92.1 Å². The van der Waals surface area contributed by atoms with Crippen molar-refractivity contribution >= 4 is 5.91 Å². The summed E-state index contributed by atoms with van der Waals surface area (Å²) in [5, 5.41) is 54.8. The minimum atomic E-state index is -1.57. The van der Waals surface area contributed by atoms with Gasteiger partial charge in [0, 0.05) is 6.42 Å². The monoisotopic (exact) mass is 1050 g/mol. The van der Waals surface area contributed by atoms with Crippen LogP contribution in [0.15, 0.2) is 72.9 Å². The molecule has 0 aromatic heterocycles. The highest BCUT2D eigenvalue weighted by Crippen LogP contribution is 2.23. The van der Waals surface area contributed by atoms with Crippen molar-refractivity contribution in [1.29, 1.82) is 0 Å². The van der Waals surface area contributed by atoms with E-state index < -0.39 is 49.5 Å². The first kappa shape index (κ1) is 70.6. The quantitative estimate of drug-likeness (QED) is 0.0261. The van der Waals surface area contributed by atoms with Gasteiger partial charge >= 0.3 is 0 Å². The number of aliphatic hydroxyl groups excluding tert-OH is 5. The molecule has 7 unspecified atom stereocenters. The molecule has 0 bridgehead atoms. The highest BCUT2D eigenvalue weighted by Gasteiger charge is 2.44. The van der Waals surface area contributed by atoms with Crippen LogP contribution in [0, 0.1) is 0 Å². The van der Waals surface area contributed by atoms with Crippen molar-refractivity contribution in [2.24, 2.45) is 0 Å². The molecule has 1 fully saturated rings. The highest BCUT2D eigenvalue weighted by atomic mass is 16.7. The molecule has 7 atom stereocenters. The zero-order valence-corrected chi connectivity index (χ0v) is 48.5. The number of hydrogen-bond acceptors (Lipinski definition) is 8. The second-order valence-corrected chi connectivity index (χ2v) is 21.8. The lowest BCUT2D eigenvalue weighted by molar-refractivity contribution is -0.302. The summed E-state index contributed by atoms with van der Waals surface area (Å²) in [6.07, 6.45) is 69.6. The van der Waals surface area contributed by atoms with Crippen LogP contribution in [-0.2, 0) is 14.3 Å². The fraction of sp³-hybridized carbons (Fsp3) is 0.803. The predicted octanol–water partition coefficient (Wildman–Crippen LogP) is 16.4. The molecule has 1 heterocycles. The van der Waals surface area contributed by atoms with Crippen LogP contribution in [0.1, 0.15) is 284 Å². The second-order valence-electron chi connectivity index (χ2n) is 21.8. The molecule has 1 amide bonds. The summed E-state index contributed by atoms with van der Waals surface area (Å²) >= 11 is 0. The van der Waals surface area contributed by atoms with Crippen LogP contribution in [-0.4, -0.2) is 87.5 Å². The average Bonchev–Trinajstić information content (AvgIpc) is 3.41. The molecule has 0 aromatic rings. The maximum absolute atomic E-state index is 13.1. The Kier molecular flexibility index (Phi) is 51.8. The standard InChI is InChI=1S/C66H119NO8/c1-3-5-7-9-11-13-15-17-19-21-23-25-26-27-28-29-30-31-32-33-34-36-37-39-41-43-45-47-49-51-53-55-60(69)59(58-74-66-65(73)64(72)63(71)61(57-68)75-66)67-62(70)56-54-52-50-48-46-44-42-40-38-35-24-22-20-18-16-14-12-10-8-6-4-2/h6,8,12,14,18,20,24,35,40,42,46,48,59-61,63-66,68-69,71-73H,3-5,7,9-11,13,15-17,19,21-23,25-34,36-39,41,43-45,47,49-58H2,1-2H3,(H,67,70)/b8-6-,14-12-,20-18-,35-24-,42-40-,48-46-. The van der Waals surface area contributed by atoms with Gasteiger partial charge in [0.25, 0.3) is 0 Å². The van der Waals surface area contributed by atoms with Crippen LogP contribution in [0.25, 0.3) is 0 Å². The van der Waals surface area contributed by atoms with Crippen LogP contribution < -0.4 is 5.32 Å². The third-order valence-corrected chi connectivity index (χ3v) is 14.8. The molecule has 1 aliphatic rings. The van der Waals surface area contributed by atoms with E-state index in [0.717, 1.165) is 70.6 Å². The van der Waals surface area contributed by atoms with Gasteiger partial charge in [-0.15, -0.1) is 0 Å². The van der Waals surface area contributed by atoms with Crippen LogP contribution in [0.5, 0.6) is 0 Å². The van der Waals surface area contributed by atoms with Crippen molar-refractivity contribution in [1.82, 2.24) is 5.32 Å². The molecular weight excluding hydrogens is 935 g/mol. The Balaban J connectivity index is 2.17. The largest absolute Gasteiger partial charge is 0.394 e. The smallest absolute Gasteiger partial charge is 0.220 e. The Morgan fingerprint density at radius 1 is 0.467 bits per heavy atom. The molecular formula is C66H119NO8.